The Bertz CT molecular complexity index is 1050. The predicted octanol–water partition coefficient (Wildman–Crippen LogP) is 7.15. The quantitative estimate of drug-likeness (QED) is 0.470. The van der Waals surface area contributed by atoms with Crippen LogP contribution in [0.1, 0.15) is 65.4 Å². The molecule has 0 saturated carbocycles. The highest BCUT2D eigenvalue weighted by Crippen LogP contribution is 2.41. The van der Waals surface area contributed by atoms with Crippen molar-refractivity contribution < 1.29 is 4.79 Å². The Balaban J connectivity index is 1.51. The van der Waals surface area contributed by atoms with E-state index in [-0.39, 0.29) is 5.91 Å². The highest BCUT2D eigenvalue weighted by Gasteiger charge is 2.31. The maximum atomic E-state index is 13.0. The fourth-order valence-corrected chi connectivity index (χ4v) is 6.21. The van der Waals surface area contributed by atoms with E-state index in [2.05, 4.69) is 64.2 Å². The number of thiazole rings is 1. The molecule has 158 valence electrons. The van der Waals surface area contributed by atoms with Gasteiger partial charge in [-0.25, -0.2) is 4.98 Å². The molecule has 0 unspecified atom stereocenters. The number of carbonyl (C=O) groups is 1. The molecule has 5 heteroatoms. The summed E-state index contributed by atoms with van der Waals surface area (Å²) in [6.45, 7) is 11.2. The Hall–Kier alpha value is -1.98. The van der Waals surface area contributed by atoms with Gasteiger partial charge in [0, 0.05) is 20.7 Å². The summed E-state index contributed by atoms with van der Waals surface area (Å²) in [5, 5.41) is 5.78. The Morgan fingerprint density at radius 3 is 2.63 bits per heavy atom. The Morgan fingerprint density at radius 1 is 1.23 bits per heavy atom. The molecule has 1 amide bonds. The molecule has 0 radical (unpaired) electrons. The number of rotatable bonds is 4. The van der Waals surface area contributed by atoms with Crippen molar-refractivity contribution in [2.24, 2.45) is 11.3 Å². The van der Waals surface area contributed by atoms with Crippen LogP contribution in [-0.4, -0.2) is 10.9 Å². The highest BCUT2D eigenvalue weighted by atomic mass is 32.1. The van der Waals surface area contributed by atoms with Crippen molar-refractivity contribution in [1.29, 1.82) is 0 Å². The highest BCUT2D eigenvalue weighted by molar-refractivity contribution is 7.16. The summed E-state index contributed by atoms with van der Waals surface area (Å²) in [6.07, 6.45) is 4.27. The Morgan fingerprint density at radius 2 is 1.97 bits per heavy atom. The normalized spacial score (nSPS) is 16.4. The van der Waals surface area contributed by atoms with E-state index in [1.165, 1.54) is 16.0 Å². The van der Waals surface area contributed by atoms with Crippen molar-refractivity contribution in [1.82, 2.24) is 4.98 Å². The molecule has 1 atom stereocenters. The lowest BCUT2D eigenvalue weighted by atomic mass is 9.72. The van der Waals surface area contributed by atoms with Crippen LogP contribution in [0.3, 0.4) is 0 Å². The predicted molar refractivity (Wildman–Crippen MR) is 129 cm³/mol. The van der Waals surface area contributed by atoms with Crippen LogP contribution in [0.15, 0.2) is 29.6 Å². The molecule has 3 aromatic rings. The summed E-state index contributed by atoms with van der Waals surface area (Å²) in [5.74, 6) is 0.658. The Labute approximate surface area is 187 Å². The van der Waals surface area contributed by atoms with Gasteiger partial charge < -0.3 is 0 Å². The number of anilines is 1. The van der Waals surface area contributed by atoms with Crippen LogP contribution in [0.25, 0.3) is 11.3 Å². The van der Waals surface area contributed by atoms with Gasteiger partial charge in [0.1, 0.15) is 0 Å². The molecule has 3 nitrogen and oxygen atoms in total. The van der Waals surface area contributed by atoms with Gasteiger partial charge >= 0.3 is 0 Å². The number of nitrogens with zero attached hydrogens (tertiary/aromatic N) is 1. The van der Waals surface area contributed by atoms with Crippen molar-refractivity contribution in [3.05, 3.63) is 56.1 Å². The van der Waals surface area contributed by atoms with Crippen LogP contribution in [-0.2, 0) is 19.3 Å². The first-order valence-corrected chi connectivity index (χ1v) is 12.4. The molecule has 0 saturated heterocycles. The lowest BCUT2D eigenvalue weighted by Gasteiger charge is -2.34. The fourth-order valence-electron chi connectivity index (χ4n) is 4.22. The molecular weight excluding hydrogens is 408 g/mol. The largest absolute Gasteiger partial charge is 0.298 e. The van der Waals surface area contributed by atoms with Gasteiger partial charge in [-0.05, 0) is 55.1 Å². The van der Waals surface area contributed by atoms with E-state index in [1.807, 2.05) is 5.38 Å². The van der Waals surface area contributed by atoms with Gasteiger partial charge in [0.25, 0.3) is 5.91 Å². The molecule has 4 rings (SSSR count). The molecule has 0 spiro atoms. The second kappa shape index (κ2) is 8.27. The average Bonchev–Trinajstić information content (AvgIpc) is 3.30. The number of thiophene rings is 1. The zero-order valence-electron chi connectivity index (χ0n) is 18.5. The molecule has 2 aromatic heterocycles. The number of aryl methyl sites for hydroxylation is 2. The van der Waals surface area contributed by atoms with Gasteiger partial charge in [-0.1, -0.05) is 52.0 Å². The maximum absolute atomic E-state index is 13.0. The minimum atomic E-state index is -0.0247. The second-order valence-electron chi connectivity index (χ2n) is 9.29. The van der Waals surface area contributed by atoms with E-state index < -0.39 is 0 Å². The molecule has 0 aliphatic heterocycles. The van der Waals surface area contributed by atoms with E-state index in [0.29, 0.717) is 16.5 Å². The third-order valence-electron chi connectivity index (χ3n) is 6.28. The van der Waals surface area contributed by atoms with Crippen LogP contribution >= 0.6 is 22.7 Å². The maximum Gasteiger partial charge on any atom is 0.258 e. The minimum absolute atomic E-state index is 0.0247. The second-order valence-corrected chi connectivity index (χ2v) is 11.5. The van der Waals surface area contributed by atoms with Gasteiger partial charge in [-0.15, -0.1) is 22.7 Å². The smallest absolute Gasteiger partial charge is 0.258 e. The van der Waals surface area contributed by atoms with E-state index in [9.17, 15) is 4.79 Å². The summed E-state index contributed by atoms with van der Waals surface area (Å²) in [6, 6.07) is 8.53. The number of aromatic nitrogens is 1. The number of carbonyl (C=O) groups excluding carboxylic acids is 1. The third-order valence-corrected chi connectivity index (χ3v) is 8.21. The van der Waals surface area contributed by atoms with E-state index >= 15 is 0 Å². The summed E-state index contributed by atoms with van der Waals surface area (Å²) in [5.41, 5.74) is 5.77. The topological polar surface area (TPSA) is 42.0 Å². The van der Waals surface area contributed by atoms with Crippen molar-refractivity contribution in [3.8, 4) is 11.3 Å². The summed E-state index contributed by atoms with van der Waals surface area (Å²) in [4.78, 5) is 20.3. The van der Waals surface area contributed by atoms with Crippen molar-refractivity contribution in [2.45, 2.75) is 60.3 Å². The van der Waals surface area contributed by atoms with Crippen LogP contribution < -0.4 is 5.32 Å². The third kappa shape index (κ3) is 4.23. The average molecular weight is 439 g/mol. The molecule has 1 aliphatic carbocycles. The molecule has 0 fully saturated rings. The van der Waals surface area contributed by atoms with E-state index in [4.69, 9.17) is 4.98 Å². The molecule has 0 bridgehead atoms. The number of amides is 1. The first-order chi connectivity index (χ1) is 14.3. The van der Waals surface area contributed by atoms with Crippen LogP contribution in [0.2, 0.25) is 0 Å². The first kappa shape index (κ1) is 21.3. The minimum Gasteiger partial charge on any atom is -0.298 e. The van der Waals surface area contributed by atoms with Crippen LogP contribution in [0.5, 0.6) is 0 Å². The van der Waals surface area contributed by atoms with Gasteiger partial charge in [0.15, 0.2) is 5.13 Å². The number of hydrogen-bond donors (Lipinski definition) is 1. The van der Waals surface area contributed by atoms with Crippen molar-refractivity contribution in [3.63, 3.8) is 0 Å². The molecular formula is C25H30N2OS2. The summed E-state index contributed by atoms with van der Waals surface area (Å²) < 4.78 is 0. The van der Waals surface area contributed by atoms with Crippen LogP contribution in [0.4, 0.5) is 5.13 Å². The van der Waals surface area contributed by atoms with E-state index in [0.717, 1.165) is 47.4 Å². The first-order valence-electron chi connectivity index (χ1n) is 10.7. The van der Waals surface area contributed by atoms with Gasteiger partial charge in [0.05, 0.1) is 11.3 Å². The van der Waals surface area contributed by atoms with E-state index in [1.54, 1.807) is 22.7 Å². The number of nitrogens with one attached hydrogen (secondary N) is 1. The van der Waals surface area contributed by atoms with Gasteiger partial charge in [-0.3, -0.25) is 10.1 Å². The SMILES string of the molecule is CCc1ccc(-c2nc(NC(=O)c3csc4c3CC[C@@H](C(C)(C)C)C4)sc2C)cc1. The lowest BCUT2D eigenvalue weighted by Crippen LogP contribution is -2.27. The fraction of sp³-hybridized carbons (Fsp3) is 0.440. The molecule has 1 aliphatic rings. The molecule has 2 heterocycles. The molecule has 1 N–H and O–H groups in total. The van der Waals surface area contributed by atoms with Gasteiger partial charge in [-0.2, -0.15) is 0 Å². The zero-order chi connectivity index (χ0) is 21.5. The summed E-state index contributed by atoms with van der Waals surface area (Å²) in [7, 11) is 0. The number of fused-ring (bicyclic) bond motifs is 1. The lowest BCUT2D eigenvalue weighted by molar-refractivity contribution is 0.102. The van der Waals surface area contributed by atoms with Crippen molar-refractivity contribution in [2.75, 3.05) is 5.32 Å². The number of benzene rings is 1. The molecule has 30 heavy (non-hydrogen) atoms. The monoisotopic (exact) mass is 438 g/mol. The van der Waals surface area contributed by atoms with Crippen LogP contribution in [0, 0.1) is 18.3 Å². The standard InChI is InChI=1S/C25H30N2OS2/c1-6-16-7-9-17(10-8-16)22-15(2)30-24(26-22)27-23(28)20-14-29-21-13-18(25(3,4)5)11-12-19(20)21/h7-10,14,18H,6,11-13H2,1-5H3,(H,26,27,28)/t18-/m1/s1. The van der Waals surface area contributed by atoms with Gasteiger partial charge in [0.2, 0.25) is 0 Å². The summed E-state index contributed by atoms with van der Waals surface area (Å²) >= 11 is 3.29. The number of hydrogen-bond acceptors (Lipinski definition) is 4. The van der Waals surface area contributed by atoms with Crippen molar-refractivity contribution >= 4 is 33.7 Å². The Kier molecular flexibility index (Phi) is 5.86. The molecule has 1 aromatic carbocycles. The zero-order valence-corrected chi connectivity index (χ0v) is 20.1.